The van der Waals surface area contributed by atoms with E-state index in [0.29, 0.717) is 0 Å². The van der Waals surface area contributed by atoms with Gasteiger partial charge < -0.3 is 10.6 Å². The molecule has 2 heterocycles. The highest BCUT2D eigenvalue weighted by atomic mass is 32.2. The zero-order valence-corrected chi connectivity index (χ0v) is 13.8. The van der Waals surface area contributed by atoms with Gasteiger partial charge in [0, 0.05) is 11.6 Å². The summed E-state index contributed by atoms with van der Waals surface area (Å²) in [5, 5.41) is 7.87. The number of benzene rings is 1. The quantitative estimate of drug-likeness (QED) is 0.488. The van der Waals surface area contributed by atoms with Crippen LogP contribution >= 0.6 is 11.8 Å². The monoisotopic (exact) mass is 384 g/mol. The molecule has 1 aromatic carbocycles. The molecule has 0 atom stereocenters. The van der Waals surface area contributed by atoms with Crippen molar-refractivity contribution in [2.45, 2.75) is 11.3 Å². The highest BCUT2D eigenvalue weighted by Crippen LogP contribution is 2.32. The maximum absolute atomic E-state index is 12.8. The van der Waals surface area contributed by atoms with Gasteiger partial charge in [-0.3, -0.25) is 9.59 Å². The molecule has 1 aromatic heterocycles. The highest BCUT2D eigenvalue weighted by molar-refractivity contribution is 7.99. The van der Waals surface area contributed by atoms with Crippen LogP contribution < -0.4 is 5.84 Å². The smallest absolute Gasteiger partial charge is 0.416 e. The molecule has 0 amide bonds. The Morgan fingerprint density at radius 2 is 2.04 bits per heavy atom. The van der Waals surface area contributed by atoms with Crippen molar-refractivity contribution in [3.05, 3.63) is 41.7 Å². The minimum atomic E-state index is -4.48. The fraction of sp³-hybridized carbons (Fsp3) is 0.200. The summed E-state index contributed by atoms with van der Waals surface area (Å²) >= 11 is 1.07. The first-order valence-corrected chi connectivity index (χ1v) is 8.15. The van der Waals surface area contributed by atoms with E-state index < -0.39 is 23.3 Å². The summed E-state index contributed by atoms with van der Waals surface area (Å²) in [6.07, 6.45) is -3.40. The summed E-state index contributed by atoms with van der Waals surface area (Å²) in [6.45, 7) is -0.323. The first kappa shape index (κ1) is 18.0. The van der Waals surface area contributed by atoms with Crippen molar-refractivity contribution in [1.29, 1.82) is 0 Å². The molecule has 1 aliphatic rings. The number of nitrogen functional groups attached to an aromatic ring is 1. The number of aromatic nitrogens is 3. The van der Waals surface area contributed by atoms with Gasteiger partial charge in [0.05, 0.1) is 11.3 Å². The maximum Gasteiger partial charge on any atom is 0.416 e. The SMILES string of the molecule is Nn1c(SCC2=CC(=O)C(=O)CO2)nnc1-c1cccc(C(F)(F)F)c1. The standard InChI is InChI=1S/C15H11F3N4O3S/c16-15(17,18)9-3-1-2-8(4-9)13-20-21-14(22(13)19)26-7-10-5-11(23)12(24)6-25-10/h1-5H,6-7,19H2. The Morgan fingerprint density at radius 1 is 1.27 bits per heavy atom. The fourth-order valence-electron chi connectivity index (χ4n) is 2.12. The van der Waals surface area contributed by atoms with Crippen molar-refractivity contribution >= 4 is 23.3 Å². The van der Waals surface area contributed by atoms with Gasteiger partial charge in [-0.15, -0.1) is 10.2 Å². The van der Waals surface area contributed by atoms with Crippen LogP contribution in [0.1, 0.15) is 5.56 Å². The van der Waals surface area contributed by atoms with Gasteiger partial charge in [0.25, 0.3) is 0 Å². The van der Waals surface area contributed by atoms with E-state index in [1.807, 2.05) is 0 Å². The van der Waals surface area contributed by atoms with Crippen LogP contribution in [0.5, 0.6) is 0 Å². The van der Waals surface area contributed by atoms with Gasteiger partial charge in [-0.05, 0) is 12.1 Å². The van der Waals surface area contributed by atoms with Crippen LogP contribution in [0.25, 0.3) is 11.4 Å². The first-order chi connectivity index (χ1) is 12.3. The summed E-state index contributed by atoms with van der Waals surface area (Å²) in [7, 11) is 0. The second kappa shape index (κ2) is 6.83. The number of hydrogen-bond donors (Lipinski definition) is 1. The Balaban J connectivity index is 1.78. The third-order valence-corrected chi connectivity index (χ3v) is 4.38. The average molecular weight is 384 g/mol. The lowest BCUT2D eigenvalue weighted by atomic mass is 10.1. The second-order valence-electron chi connectivity index (χ2n) is 5.23. The van der Waals surface area contributed by atoms with Gasteiger partial charge in [0.2, 0.25) is 16.7 Å². The van der Waals surface area contributed by atoms with Crippen LogP contribution in [-0.4, -0.2) is 38.8 Å². The van der Waals surface area contributed by atoms with E-state index in [4.69, 9.17) is 10.6 Å². The number of thioether (sulfide) groups is 1. The number of nitrogens with zero attached hydrogens (tertiary/aromatic N) is 3. The van der Waals surface area contributed by atoms with Crippen LogP contribution in [0, 0.1) is 0 Å². The molecule has 1 aliphatic heterocycles. The van der Waals surface area contributed by atoms with Gasteiger partial charge in [-0.25, -0.2) is 4.68 Å². The maximum atomic E-state index is 12.8. The average Bonchev–Trinajstić information content (AvgIpc) is 2.96. The molecule has 136 valence electrons. The number of hydrogen-bond acceptors (Lipinski definition) is 7. The van der Waals surface area contributed by atoms with Crippen molar-refractivity contribution in [1.82, 2.24) is 14.9 Å². The molecule has 11 heteroatoms. The minimum Gasteiger partial charge on any atom is -0.489 e. The van der Waals surface area contributed by atoms with Crippen molar-refractivity contribution < 1.29 is 27.5 Å². The summed E-state index contributed by atoms with van der Waals surface area (Å²) in [6, 6.07) is 4.57. The molecule has 0 saturated carbocycles. The second-order valence-corrected chi connectivity index (χ2v) is 6.17. The number of carbonyl (C=O) groups is 2. The van der Waals surface area contributed by atoms with Crippen molar-refractivity contribution in [2.75, 3.05) is 18.2 Å². The fourth-order valence-corrected chi connectivity index (χ4v) is 2.89. The van der Waals surface area contributed by atoms with Gasteiger partial charge in [0.1, 0.15) is 5.76 Å². The number of ketones is 2. The van der Waals surface area contributed by atoms with Gasteiger partial charge in [-0.1, -0.05) is 23.9 Å². The van der Waals surface area contributed by atoms with Gasteiger partial charge in [0.15, 0.2) is 12.4 Å². The summed E-state index contributed by atoms with van der Waals surface area (Å²) < 4.78 is 44.6. The zero-order valence-electron chi connectivity index (χ0n) is 13.0. The molecule has 0 fully saturated rings. The number of alkyl halides is 3. The van der Waals surface area contributed by atoms with Crippen molar-refractivity contribution in [3.8, 4) is 11.4 Å². The molecule has 0 unspecified atom stereocenters. The van der Waals surface area contributed by atoms with E-state index in [0.717, 1.165) is 34.6 Å². The number of rotatable bonds is 4. The molecule has 2 aromatic rings. The van der Waals surface area contributed by atoms with Crippen LogP contribution in [0.3, 0.4) is 0 Å². The highest BCUT2D eigenvalue weighted by Gasteiger charge is 2.31. The Labute approximate surface area is 149 Å². The predicted octanol–water partition coefficient (Wildman–Crippen LogP) is 1.82. The molecule has 2 N–H and O–H groups in total. The lowest BCUT2D eigenvalue weighted by molar-refractivity contribution is -0.137. The molecule has 0 bridgehead atoms. The molecular formula is C15H11F3N4O3S. The molecule has 3 rings (SSSR count). The van der Waals surface area contributed by atoms with E-state index in [1.165, 1.54) is 12.1 Å². The summed E-state index contributed by atoms with van der Waals surface area (Å²) in [5.74, 6) is 5.09. The predicted molar refractivity (Wildman–Crippen MR) is 85.4 cm³/mol. The Morgan fingerprint density at radius 3 is 2.73 bits per heavy atom. The summed E-state index contributed by atoms with van der Waals surface area (Å²) in [4.78, 5) is 22.4. The van der Waals surface area contributed by atoms with E-state index in [1.54, 1.807) is 0 Å². The normalized spacial score (nSPS) is 15.0. The lowest BCUT2D eigenvalue weighted by Crippen LogP contribution is -2.23. The molecule has 0 radical (unpaired) electrons. The molecule has 0 spiro atoms. The van der Waals surface area contributed by atoms with Crippen molar-refractivity contribution in [3.63, 3.8) is 0 Å². The molecule has 0 aliphatic carbocycles. The molecule has 7 nitrogen and oxygen atoms in total. The van der Waals surface area contributed by atoms with Crippen LogP contribution in [0.15, 0.2) is 41.3 Å². The van der Waals surface area contributed by atoms with Crippen LogP contribution in [-0.2, 0) is 20.5 Å². The minimum absolute atomic E-state index is 0.0587. The number of Topliss-reactive ketones (excluding diaryl/α,β-unsaturated/α-hetero) is 1. The molecule has 26 heavy (non-hydrogen) atoms. The Bertz CT molecular complexity index is 908. The number of nitrogens with two attached hydrogens (primary N) is 1. The molecular weight excluding hydrogens is 373 g/mol. The number of carbonyl (C=O) groups excluding carboxylic acids is 2. The van der Waals surface area contributed by atoms with E-state index >= 15 is 0 Å². The zero-order chi connectivity index (χ0) is 18.9. The van der Waals surface area contributed by atoms with Gasteiger partial charge in [-0.2, -0.15) is 13.2 Å². The summed E-state index contributed by atoms with van der Waals surface area (Å²) in [5.41, 5.74) is -0.660. The Hall–Kier alpha value is -2.82. The largest absolute Gasteiger partial charge is 0.489 e. The van der Waals surface area contributed by atoms with E-state index in [-0.39, 0.29) is 34.7 Å². The number of allylic oxidation sites excluding steroid dienone is 1. The third-order valence-electron chi connectivity index (χ3n) is 3.41. The van der Waals surface area contributed by atoms with E-state index in [9.17, 15) is 22.8 Å². The first-order valence-electron chi connectivity index (χ1n) is 7.17. The Kier molecular flexibility index (Phi) is 4.72. The van der Waals surface area contributed by atoms with Crippen LogP contribution in [0.2, 0.25) is 0 Å². The van der Waals surface area contributed by atoms with Crippen molar-refractivity contribution in [2.24, 2.45) is 0 Å². The molecule has 0 saturated heterocycles. The third kappa shape index (κ3) is 3.72. The number of halogens is 3. The number of ether oxygens (including phenoxy) is 1. The van der Waals surface area contributed by atoms with Crippen LogP contribution in [0.4, 0.5) is 13.2 Å². The van der Waals surface area contributed by atoms with E-state index in [2.05, 4.69) is 10.2 Å². The van der Waals surface area contributed by atoms with Gasteiger partial charge >= 0.3 is 6.18 Å². The topological polar surface area (TPSA) is 100 Å². The lowest BCUT2D eigenvalue weighted by Gasteiger charge is -2.12.